The van der Waals surface area contributed by atoms with Crippen LogP contribution in [0.15, 0.2) is 36.1 Å². The van der Waals surface area contributed by atoms with Crippen LogP contribution in [0.2, 0.25) is 10.0 Å². The molecule has 1 heterocycles. The zero-order chi connectivity index (χ0) is 21.7. The minimum Gasteiger partial charge on any atom is -0.508 e. The van der Waals surface area contributed by atoms with Crippen LogP contribution in [-0.4, -0.2) is 22.1 Å². The van der Waals surface area contributed by atoms with Gasteiger partial charge in [0.15, 0.2) is 11.6 Å². The van der Waals surface area contributed by atoms with Gasteiger partial charge in [0.05, 0.1) is 15.6 Å². The molecule has 6 heteroatoms. The fourth-order valence-electron chi connectivity index (χ4n) is 3.73. The van der Waals surface area contributed by atoms with Crippen molar-refractivity contribution in [2.24, 2.45) is 0 Å². The molecule has 154 valence electrons. The van der Waals surface area contributed by atoms with E-state index in [0.29, 0.717) is 23.1 Å². The van der Waals surface area contributed by atoms with Crippen LogP contribution in [0, 0.1) is 5.82 Å². The summed E-state index contributed by atoms with van der Waals surface area (Å²) < 4.78 is 20.1. The quantitative estimate of drug-likeness (QED) is 0.538. The SMILES string of the molecule is CCc1ccc(-c2ccc(Cl)c(F)c2Cl)cc1C1=C(O)C(C)(C)OC(C)(C)C1=O. The molecule has 0 amide bonds. The average Bonchev–Trinajstić information content (AvgIpc) is 2.64. The molecular weight excluding hydrogens is 414 g/mol. The third-order valence-corrected chi connectivity index (χ3v) is 5.86. The lowest BCUT2D eigenvalue weighted by atomic mass is 9.80. The van der Waals surface area contributed by atoms with Gasteiger partial charge in [0.25, 0.3) is 0 Å². The maximum Gasteiger partial charge on any atom is 0.198 e. The first kappa shape index (κ1) is 21.8. The van der Waals surface area contributed by atoms with E-state index in [4.69, 9.17) is 27.9 Å². The smallest absolute Gasteiger partial charge is 0.198 e. The van der Waals surface area contributed by atoms with Crippen LogP contribution in [0.5, 0.6) is 0 Å². The molecule has 0 bridgehead atoms. The monoisotopic (exact) mass is 436 g/mol. The van der Waals surface area contributed by atoms with E-state index in [1.807, 2.05) is 19.1 Å². The minimum absolute atomic E-state index is 0.0624. The van der Waals surface area contributed by atoms with Crippen molar-refractivity contribution in [1.82, 2.24) is 0 Å². The molecule has 1 aliphatic heterocycles. The third kappa shape index (κ3) is 3.70. The number of aliphatic hydroxyl groups is 1. The zero-order valence-corrected chi connectivity index (χ0v) is 18.5. The normalized spacial score (nSPS) is 18.3. The molecular formula is C23H23Cl2FO3. The van der Waals surface area contributed by atoms with E-state index in [0.717, 1.165) is 5.56 Å². The van der Waals surface area contributed by atoms with Crippen molar-refractivity contribution >= 4 is 34.6 Å². The Morgan fingerprint density at radius 3 is 2.31 bits per heavy atom. The first-order valence-corrected chi connectivity index (χ1v) is 10.1. The maximum absolute atomic E-state index is 14.2. The van der Waals surface area contributed by atoms with Crippen LogP contribution in [0.25, 0.3) is 16.7 Å². The van der Waals surface area contributed by atoms with Gasteiger partial charge in [0.1, 0.15) is 17.0 Å². The van der Waals surface area contributed by atoms with Crippen LogP contribution >= 0.6 is 23.2 Å². The van der Waals surface area contributed by atoms with Crippen LogP contribution in [-0.2, 0) is 16.0 Å². The molecule has 0 aromatic heterocycles. The third-order valence-electron chi connectivity index (χ3n) is 5.20. The zero-order valence-electron chi connectivity index (χ0n) is 17.0. The average molecular weight is 437 g/mol. The van der Waals surface area contributed by atoms with Gasteiger partial charge in [-0.15, -0.1) is 0 Å². The second-order valence-corrected chi connectivity index (χ2v) is 8.91. The van der Waals surface area contributed by atoms with Crippen molar-refractivity contribution in [2.75, 3.05) is 0 Å². The topological polar surface area (TPSA) is 46.5 Å². The molecule has 1 N–H and O–H groups in total. The number of hydrogen-bond donors (Lipinski definition) is 1. The lowest BCUT2D eigenvalue weighted by Gasteiger charge is -2.40. The standard InChI is InChI=1S/C23H23Cl2FO3/c1-6-12-7-8-13(14-9-10-16(24)19(26)18(14)25)11-15(12)17-20(27)22(2,3)29-23(4,5)21(17)28/h7-11,27H,6H2,1-5H3. The van der Waals surface area contributed by atoms with E-state index < -0.39 is 17.0 Å². The number of aryl methyl sites for hydroxylation is 1. The van der Waals surface area contributed by atoms with E-state index in [-0.39, 0.29) is 27.2 Å². The summed E-state index contributed by atoms with van der Waals surface area (Å²) in [6.07, 6.45) is 0.643. The lowest BCUT2D eigenvalue weighted by Crippen LogP contribution is -2.49. The number of rotatable bonds is 3. The number of ether oxygens (including phenoxy) is 1. The highest BCUT2D eigenvalue weighted by Crippen LogP contribution is 2.42. The second-order valence-electron chi connectivity index (χ2n) is 8.12. The highest BCUT2D eigenvalue weighted by Gasteiger charge is 2.47. The van der Waals surface area contributed by atoms with Crippen LogP contribution in [0.1, 0.15) is 45.7 Å². The summed E-state index contributed by atoms with van der Waals surface area (Å²) in [5.74, 6) is -1.13. The maximum atomic E-state index is 14.2. The van der Waals surface area contributed by atoms with Gasteiger partial charge in [-0.3, -0.25) is 4.79 Å². The first-order chi connectivity index (χ1) is 13.4. The van der Waals surface area contributed by atoms with Crippen LogP contribution < -0.4 is 0 Å². The van der Waals surface area contributed by atoms with E-state index in [1.165, 1.54) is 6.07 Å². The van der Waals surface area contributed by atoms with Gasteiger partial charge in [0.2, 0.25) is 0 Å². The number of halogens is 3. The van der Waals surface area contributed by atoms with Crippen molar-refractivity contribution in [2.45, 2.75) is 52.2 Å². The second kappa shape index (κ2) is 7.42. The van der Waals surface area contributed by atoms with Gasteiger partial charge >= 0.3 is 0 Å². The molecule has 0 atom stereocenters. The Morgan fingerprint density at radius 1 is 1.03 bits per heavy atom. The molecule has 0 saturated carbocycles. The number of carbonyl (C=O) groups is 1. The van der Waals surface area contributed by atoms with Crippen molar-refractivity contribution in [3.63, 3.8) is 0 Å². The molecule has 0 aliphatic carbocycles. The van der Waals surface area contributed by atoms with Crippen molar-refractivity contribution in [3.8, 4) is 11.1 Å². The molecule has 3 nitrogen and oxygen atoms in total. The van der Waals surface area contributed by atoms with Gasteiger partial charge in [-0.2, -0.15) is 0 Å². The van der Waals surface area contributed by atoms with E-state index in [9.17, 15) is 14.3 Å². The van der Waals surface area contributed by atoms with Gasteiger partial charge in [0, 0.05) is 5.56 Å². The fourth-order valence-corrected chi connectivity index (χ4v) is 4.21. The number of hydrogen-bond acceptors (Lipinski definition) is 3. The number of carbonyl (C=O) groups excluding carboxylic acids is 1. The minimum atomic E-state index is -1.10. The molecule has 2 aromatic carbocycles. The fraction of sp³-hybridized carbons (Fsp3) is 0.348. The van der Waals surface area contributed by atoms with E-state index in [1.54, 1.807) is 39.8 Å². The largest absolute Gasteiger partial charge is 0.508 e. The summed E-state index contributed by atoms with van der Waals surface area (Å²) in [6.45, 7) is 8.77. The number of benzene rings is 2. The lowest BCUT2D eigenvalue weighted by molar-refractivity contribution is -0.158. The molecule has 29 heavy (non-hydrogen) atoms. The predicted molar refractivity (Wildman–Crippen MR) is 115 cm³/mol. The Morgan fingerprint density at radius 2 is 1.69 bits per heavy atom. The molecule has 1 aliphatic rings. The highest BCUT2D eigenvalue weighted by molar-refractivity contribution is 6.36. The number of aliphatic hydroxyl groups excluding tert-OH is 1. The van der Waals surface area contributed by atoms with Crippen molar-refractivity contribution in [3.05, 3.63) is 63.1 Å². The van der Waals surface area contributed by atoms with Crippen molar-refractivity contribution < 1.29 is 19.0 Å². The molecule has 0 radical (unpaired) electrons. The Hall–Kier alpha value is -1.88. The van der Waals surface area contributed by atoms with E-state index >= 15 is 0 Å². The van der Waals surface area contributed by atoms with Crippen LogP contribution in [0.4, 0.5) is 4.39 Å². The Bertz CT molecular complexity index is 1040. The number of Topliss-reactive ketones (excluding diaryl/α,β-unsaturated/α-hetero) is 1. The summed E-state index contributed by atoms with van der Waals surface area (Å²) in [4.78, 5) is 13.2. The Labute approximate surface area is 180 Å². The van der Waals surface area contributed by atoms with Crippen LogP contribution in [0.3, 0.4) is 0 Å². The first-order valence-electron chi connectivity index (χ1n) is 9.36. The molecule has 0 unspecified atom stereocenters. The van der Waals surface area contributed by atoms with Gasteiger partial charge in [-0.05, 0) is 62.9 Å². The van der Waals surface area contributed by atoms with Gasteiger partial charge in [-0.1, -0.05) is 48.3 Å². The number of ketones is 1. The summed E-state index contributed by atoms with van der Waals surface area (Å²) in [5, 5.41) is 10.7. The van der Waals surface area contributed by atoms with Gasteiger partial charge in [-0.25, -0.2) is 4.39 Å². The van der Waals surface area contributed by atoms with Crippen molar-refractivity contribution in [1.29, 1.82) is 0 Å². The van der Waals surface area contributed by atoms with E-state index in [2.05, 4.69) is 0 Å². The molecule has 0 fully saturated rings. The van der Waals surface area contributed by atoms with Gasteiger partial charge < -0.3 is 9.84 Å². The summed E-state index contributed by atoms with van der Waals surface area (Å²) in [6, 6.07) is 8.50. The predicted octanol–water partition coefficient (Wildman–Crippen LogP) is 6.79. The Balaban J connectivity index is 2.29. The summed E-state index contributed by atoms with van der Waals surface area (Å²) in [7, 11) is 0. The Kier molecular flexibility index (Phi) is 5.59. The highest BCUT2D eigenvalue weighted by atomic mass is 35.5. The summed E-state index contributed by atoms with van der Waals surface area (Å²) >= 11 is 12.0. The summed E-state index contributed by atoms with van der Waals surface area (Å²) in [5.41, 5.74) is 0.624. The molecule has 0 saturated heterocycles. The molecule has 3 rings (SSSR count). The molecule has 2 aromatic rings. The molecule has 0 spiro atoms.